The monoisotopic (exact) mass is 303 g/mol. The predicted molar refractivity (Wildman–Crippen MR) is 68.0 cm³/mol. The molecule has 0 atom stereocenters. The van der Waals surface area contributed by atoms with Gasteiger partial charge in [-0.1, -0.05) is 34.7 Å². The van der Waals surface area contributed by atoms with Crippen LogP contribution in [0.3, 0.4) is 0 Å². The maximum Gasteiger partial charge on any atom is 0.221 e. The van der Waals surface area contributed by atoms with Crippen LogP contribution in [0.2, 0.25) is 0 Å². The smallest absolute Gasteiger partial charge is 0.221 e. The highest BCUT2D eigenvalue weighted by Gasteiger charge is 1.95. The Kier molecular flexibility index (Phi) is 4.93. The molecule has 76 valence electrons. The van der Waals surface area contributed by atoms with Crippen LogP contribution in [0.1, 0.15) is 18.9 Å². The molecule has 0 aliphatic carbocycles. The first kappa shape index (κ1) is 11.5. The highest BCUT2D eigenvalue weighted by molar-refractivity contribution is 14.1. The topological polar surface area (TPSA) is 29.1 Å². The fraction of sp³-hybridized carbons (Fsp3) is 0.364. The van der Waals surface area contributed by atoms with Crippen molar-refractivity contribution >= 4 is 34.2 Å². The lowest BCUT2D eigenvalue weighted by Crippen LogP contribution is -2.05. The predicted octanol–water partition coefficient (Wildman–Crippen LogP) is 3.01. The second-order valence-corrected chi connectivity index (χ2v) is 4.25. The van der Waals surface area contributed by atoms with E-state index < -0.39 is 0 Å². The molecule has 0 saturated carbocycles. The van der Waals surface area contributed by atoms with Crippen molar-refractivity contribution in [3.63, 3.8) is 0 Å². The Morgan fingerprint density at radius 2 is 2.00 bits per heavy atom. The summed E-state index contributed by atoms with van der Waals surface area (Å²) in [5.41, 5.74) is 2.20. The number of rotatable bonds is 4. The first-order valence-electron chi connectivity index (χ1n) is 4.65. The van der Waals surface area contributed by atoms with Crippen molar-refractivity contribution in [3.8, 4) is 0 Å². The minimum Gasteiger partial charge on any atom is -0.326 e. The number of amides is 1. The van der Waals surface area contributed by atoms with Gasteiger partial charge in [-0.25, -0.2) is 0 Å². The molecule has 1 aromatic carbocycles. The lowest BCUT2D eigenvalue weighted by atomic mass is 10.1. The van der Waals surface area contributed by atoms with Gasteiger partial charge in [0, 0.05) is 12.6 Å². The van der Waals surface area contributed by atoms with Crippen LogP contribution in [-0.4, -0.2) is 10.3 Å². The molecule has 1 aromatic rings. The van der Waals surface area contributed by atoms with Crippen molar-refractivity contribution in [3.05, 3.63) is 29.8 Å². The second-order valence-electron chi connectivity index (χ2n) is 3.17. The van der Waals surface area contributed by atoms with Gasteiger partial charge in [0.25, 0.3) is 0 Å². The largest absolute Gasteiger partial charge is 0.326 e. The molecule has 0 bridgehead atoms. The number of hydrogen-bond donors (Lipinski definition) is 1. The minimum atomic E-state index is -0.0231. The lowest BCUT2D eigenvalue weighted by Gasteiger charge is -2.03. The quantitative estimate of drug-likeness (QED) is 0.672. The number of nitrogens with one attached hydrogen (secondary N) is 1. The van der Waals surface area contributed by atoms with Gasteiger partial charge in [0.1, 0.15) is 0 Å². The van der Waals surface area contributed by atoms with Crippen LogP contribution in [0, 0.1) is 0 Å². The van der Waals surface area contributed by atoms with Gasteiger partial charge in [0.05, 0.1) is 0 Å². The van der Waals surface area contributed by atoms with Crippen molar-refractivity contribution in [2.24, 2.45) is 0 Å². The van der Waals surface area contributed by atoms with E-state index in [0.29, 0.717) is 0 Å². The van der Waals surface area contributed by atoms with Crippen molar-refractivity contribution in [1.29, 1.82) is 0 Å². The summed E-state index contributed by atoms with van der Waals surface area (Å²) in [5.74, 6) is -0.0231. The van der Waals surface area contributed by atoms with Gasteiger partial charge in [0.2, 0.25) is 5.91 Å². The molecule has 0 saturated heterocycles. The fourth-order valence-corrected chi connectivity index (χ4v) is 1.61. The number of aryl methyl sites for hydroxylation is 1. The Balaban J connectivity index is 2.54. The summed E-state index contributed by atoms with van der Waals surface area (Å²) in [6.45, 7) is 1.52. The zero-order valence-electron chi connectivity index (χ0n) is 8.22. The molecule has 2 nitrogen and oxygen atoms in total. The molecule has 0 radical (unpaired) electrons. The first-order chi connectivity index (χ1) is 6.72. The van der Waals surface area contributed by atoms with E-state index in [2.05, 4.69) is 40.0 Å². The normalized spacial score (nSPS) is 9.86. The Bertz CT molecular complexity index is 295. The molecule has 0 fully saturated rings. The molecular formula is C11H14INO. The molecule has 3 heteroatoms. The highest BCUT2D eigenvalue weighted by Crippen LogP contribution is 2.11. The number of hydrogen-bond acceptors (Lipinski definition) is 1. The lowest BCUT2D eigenvalue weighted by molar-refractivity contribution is -0.114. The van der Waals surface area contributed by atoms with Gasteiger partial charge in [-0.3, -0.25) is 4.79 Å². The van der Waals surface area contributed by atoms with E-state index in [-0.39, 0.29) is 5.91 Å². The molecule has 1 N–H and O–H groups in total. The van der Waals surface area contributed by atoms with Gasteiger partial charge in [-0.05, 0) is 35.0 Å². The van der Waals surface area contributed by atoms with Crippen molar-refractivity contribution in [1.82, 2.24) is 0 Å². The van der Waals surface area contributed by atoms with Crippen LogP contribution in [0.25, 0.3) is 0 Å². The molecule has 0 aliphatic rings. The number of benzene rings is 1. The van der Waals surface area contributed by atoms with E-state index in [0.717, 1.165) is 12.1 Å². The highest BCUT2D eigenvalue weighted by atomic mass is 127. The Hall–Kier alpha value is -0.580. The van der Waals surface area contributed by atoms with E-state index in [1.807, 2.05) is 12.1 Å². The average Bonchev–Trinajstić information content (AvgIpc) is 2.16. The average molecular weight is 303 g/mol. The Morgan fingerprint density at radius 1 is 1.36 bits per heavy atom. The molecule has 1 amide bonds. The van der Waals surface area contributed by atoms with Gasteiger partial charge in [0.15, 0.2) is 0 Å². The molecule has 0 aliphatic heterocycles. The maximum atomic E-state index is 10.8. The third kappa shape index (κ3) is 4.09. The standard InChI is InChI=1S/C11H14INO/c1-9(14)13-11-6-4-10(5-7-11)3-2-8-12/h4-7H,2-3,8H2,1H3,(H,13,14). The summed E-state index contributed by atoms with van der Waals surface area (Å²) < 4.78 is 1.19. The van der Waals surface area contributed by atoms with E-state index in [9.17, 15) is 4.79 Å². The molecule has 0 unspecified atom stereocenters. The number of carbonyl (C=O) groups excluding carboxylic acids is 1. The SMILES string of the molecule is CC(=O)Nc1ccc(CCCI)cc1. The van der Waals surface area contributed by atoms with Gasteiger partial charge >= 0.3 is 0 Å². The van der Waals surface area contributed by atoms with Crippen LogP contribution in [0.4, 0.5) is 5.69 Å². The summed E-state index contributed by atoms with van der Waals surface area (Å²) in [5, 5.41) is 2.75. The van der Waals surface area contributed by atoms with E-state index in [1.54, 1.807) is 0 Å². The molecular weight excluding hydrogens is 289 g/mol. The van der Waals surface area contributed by atoms with E-state index >= 15 is 0 Å². The van der Waals surface area contributed by atoms with E-state index in [4.69, 9.17) is 0 Å². The van der Waals surface area contributed by atoms with Crippen LogP contribution < -0.4 is 5.32 Å². The first-order valence-corrected chi connectivity index (χ1v) is 6.17. The van der Waals surface area contributed by atoms with Crippen LogP contribution >= 0.6 is 22.6 Å². The number of carbonyl (C=O) groups is 1. The van der Waals surface area contributed by atoms with Crippen molar-refractivity contribution in [2.75, 3.05) is 9.74 Å². The second kappa shape index (κ2) is 6.01. The Labute approximate surface area is 98.2 Å². The third-order valence-electron chi connectivity index (χ3n) is 1.87. The summed E-state index contributed by atoms with van der Waals surface area (Å²) in [7, 11) is 0. The van der Waals surface area contributed by atoms with Gasteiger partial charge in [-0.2, -0.15) is 0 Å². The summed E-state index contributed by atoms with van der Waals surface area (Å²) in [6.07, 6.45) is 2.32. The number of alkyl halides is 1. The van der Waals surface area contributed by atoms with Crippen LogP contribution in [-0.2, 0) is 11.2 Å². The zero-order chi connectivity index (χ0) is 10.4. The summed E-state index contributed by atoms with van der Waals surface area (Å²) in [4.78, 5) is 10.8. The van der Waals surface area contributed by atoms with Crippen LogP contribution in [0.5, 0.6) is 0 Å². The van der Waals surface area contributed by atoms with Gasteiger partial charge < -0.3 is 5.32 Å². The zero-order valence-corrected chi connectivity index (χ0v) is 10.4. The molecule has 1 rings (SSSR count). The van der Waals surface area contributed by atoms with Crippen molar-refractivity contribution in [2.45, 2.75) is 19.8 Å². The van der Waals surface area contributed by atoms with Crippen molar-refractivity contribution < 1.29 is 4.79 Å². The molecule has 0 spiro atoms. The third-order valence-corrected chi connectivity index (χ3v) is 2.64. The Morgan fingerprint density at radius 3 is 2.50 bits per heavy atom. The fourth-order valence-electron chi connectivity index (χ4n) is 1.23. The summed E-state index contributed by atoms with van der Waals surface area (Å²) >= 11 is 2.38. The minimum absolute atomic E-state index is 0.0231. The molecule has 14 heavy (non-hydrogen) atoms. The maximum absolute atomic E-state index is 10.8. The van der Waals surface area contributed by atoms with Gasteiger partial charge in [-0.15, -0.1) is 0 Å². The number of anilines is 1. The number of halogens is 1. The van der Waals surface area contributed by atoms with E-state index in [1.165, 1.54) is 23.3 Å². The molecule has 0 heterocycles. The summed E-state index contributed by atoms with van der Waals surface area (Å²) in [6, 6.07) is 8.03. The van der Waals surface area contributed by atoms with Crippen LogP contribution in [0.15, 0.2) is 24.3 Å². The molecule has 0 aromatic heterocycles.